The summed E-state index contributed by atoms with van der Waals surface area (Å²) in [6, 6.07) is 4.91. The summed E-state index contributed by atoms with van der Waals surface area (Å²) in [5.41, 5.74) is 1.24. The van der Waals surface area contributed by atoms with Crippen molar-refractivity contribution in [1.82, 2.24) is 19.3 Å². The SMILES string of the molecule is Cc1noc(C2CCCN(C(=O)c3cc(S(=O)(=O)N(C)C)ccc3N3CCCC3)C2)n1. The Kier molecular flexibility index (Phi) is 6.02. The Labute approximate surface area is 183 Å². The smallest absolute Gasteiger partial charge is 0.256 e. The Hall–Kier alpha value is -2.46. The van der Waals surface area contributed by atoms with Gasteiger partial charge in [0.15, 0.2) is 5.82 Å². The van der Waals surface area contributed by atoms with Gasteiger partial charge in [-0.2, -0.15) is 4.98 Å². The Morgan fingerprint density at radius 3 is 2.55 bits per heavy atom. The molecule has 31 heavy (non-hydrogen) atoms. The van der Waals surface area contributed by atoms with Crippen molar-refractivity contribution in [2.24, 2.45) is 0 Å². The van der Waals surface area contributed by atoms with Crippen LogP contribution in [-0.2, 0) is 10.0 Å². The fourth-order valence-electron chi connectivity index (χ4n) is 4.30. The minimum absolute atomic E-state index is 0.0113. The Bertz CT molecular complexity index is 1060. The topological polar surface area (TPSA) is 99.8 Å². The molecule has 0 bridgehead atoms. The van der Waals surface area contributed by atoms with Gasteiger partial charge in [0.2, 0.25) is 15.9 Å². The van der Waals surface area contributed by atoms with Crippen molar-refractivity contribution >= 4 is 21.6 Å². The zero-order chi connectivity index (χ0) is 22.2. The van der Waals surface area contributed by atoms with Crippen molar-refractivity contribution in [2.75, 3.05) is 45.2 Å². The van der Waals surface area contributed by atoms with Gasteiger partial charge in [-0.3, -0.25) is 4.79 Å². The number of aryl methyl sites for hydroxylation is 1. The maximum Gasteiger partial charge on any atom is 0.256 e. The van der Waals surface area contributed by atoms with Gasteiger partial charge >= 0.3 is 0 Å². The number of likely N-dealkylation sites (tertiary alicyclic amines) is 1. The Morgan fingerprint density at radius 1 is 1.16 bits per heavy atom. The van der Waals surface area contributed by atoms with Gasteiger partial charge in [-0.05, 0) is 50.8 Å². The highest BCUT2D eigenvalue weighted by Crippen LogP contribution is 2.32. The highest BCUT2D eigenvalue weighted by atomic mass is 32.2. The summed E-state index contributed by atoms with van der Waals surface area (Å²) in [6.07, 6.45) is 3.83. The average molecular weight is 448 g/mol. The van der Waals surface area contributed by atoms with E-state index < -0.39 is 10.0 Å². The molecule has 2 aliphatic heterocycles. The van der Waals surface area contributed by atoms with Gasteiger partial charge in [0.25, 0.3) is 5.91 Å². The first-order chi connectivity index (χ1) is 14.8. The Morgan fingerprint density at radius 2 is 1.90 bits per heavy atom. The fourth-order valence-corrected chi connectivity index (χ4v) is 5.23. The molecule has 0 spiro atoms. The number of nitrogens with zero attached hydrogens (tertiary/aromatic N) is 5. The number of benzene rings is 1. The second-order valence-electron chi connectivity index (χ2n) is 8.43. The van der Waals surface area contributed by atoms with Crippen LogP contribution in [0.15, 0.2) is 27.6 Å². The van der Waals surface area contributed by atoms with E-state index in [0.717, 1.165) is 44.5 Å². The largest absolute Gasteiger partial charge is 0.371 e. The summed E-state index contributed by atoms with van der Waals surface area (Å²) in [6.45, 7) is 4.60. The first kappa shape index (κ1) is 21.8. The van der Waals surface area contributed by atoms with Crippen molar-refractivity contribution < 1.29 is 17.7 Å². The molecule has 0 aliphatic carbocycles. The number of carbonyl (C=O) groups excluding carboxylic acids is 1. The zero-order valence-electron chi connectivity index (χ0n) is 18.2. The summed E-state index contributed by atoms with van der Waals surface area (Å²) in [5.74, 6) is 0.969. The molecule has 2 saturated heterocycles. The number of sulfonamides is 1. The minimum atomic E-state index is -3.64. The molecule has 2 aromatic rings. The summed E-state index contributed by atoms with van der Waals surface area (Å²) in [7, 11) is -0.658. The van der Waals surface area contributed by atoms with E-state index in [1.165, 1.54) is 24.5 Å². The molecule has 1 amide bonds. The van der Waals surface area contributed by atoms with Crippen molar-refractivity contribution in [3.8, 4) is 0 Å². The number of piperidine rings is 1. The quantitative estimate of drug-likeness (QED) is 0.693. The maximum atomic E-state index is 13.6. The highest BCUT2D eigenvalue weighted by Gasteiger charge is 2.32. The lowest BCUT2D eigenvalue weighted by molar-refractivity contribution is 0.0696. The van der Waals surface area contributed by atoms with Crippen molar-refractivity contribution in [1.29, 1.82) is 0 Å². The highest BCUT2D eigenvalue weighted by molar-refractivity contribution is 7.89. The first-order valence-corrected chi connectivity index (χ1v) is 12.1. The van der Waals surface area contributed by atoms with Crippen LogP contribution in [0, 0.1) is 6.92 Å². The van der Waals surface area contributed by atoms with Gasteiger partial charge in [-0.15, -0.1) is 0 Å². The van der Waals surface area contributed by atoms with Crippen LogP contribution >= 0.6 is 0 Å². The van der Waals surface area contributed by atoms with Crippen LogP contribution in [0.1, 0.15) is 53.7 Å². The molecule has 168 valence electrons. The van der Waals surface area contributed by atoms with Crippen molar-refractivity contribution in [3.05, 3.63) is 35.5 Å². The molecule has 4 rings (SSSR count). The van der Waals surface area contributed by atoms with E-state index in [4.69, 9.17) is 4.52 Å². The zero-order valence-corrected chi connectivity index (χ0v) is 19.1. The number of aromatic nitrogens is 2. The summed E-state index contributed by atoms with van der Waals surface area (Å²) >= 11 is 0. The van der Waals surface area contributed by atoms with E-state index in [9.17, 15) is 13.2 Å². The molecule has 0 radical (unpaired) electrons. The lowest BCUT2D eigenvalue weighted by Crippen LogP contribution is -2.40. The molecule has 2 fully saturated rings. The lowest BCUT2D eigenvalue weighted by Gasteiger charge is -2.32. The van der Waals surface area contributed by atoms with E-state index >= 15 is 0 Å². The Balaban J connectivity index is 1.67. The van der Waals surface area contributed by atoms with Gasteiger partial charge in [0, 0.05) is 46.0 Å². The molecular weight excluding hydrogens is 418 g/mol. The number of amides is 1. The molecule has 2 aliphatic rings. The molecule has 1 unspecified atom stereocenters. The third-order valence-corrected chi connectivity index (χ3v) is 7.84. The molecule has 1 aromatic heterocycles. The molecule has 0 saturated carbocycles. The average Bonchev–Trinajstić information content (AvgIpc) is 3.45. The second kappa shape index (κ2) is 8.58. The van der Waals surface area contributed by atoms with E-state index in [0.29, 0.717) is 30.4 Å². The third kappa shape index (κ3) is 4.31. The molecule has 1 aromatic carbocycles. The molecule has 3 heterocycles. The number of hydrogen-bond donors (Lipinski definition) is 0. The van der Waals surface area contributed by atoms with Gasteiger partial charge in [0.1, 0.15) is 0 Å². The van der Waals surface area contributed by atoms with Crippen LogP contribution < -0.4 is 4.90 Å². The molecule has 0 N–H and O–H groups in total. The van der Waals surface area contributed by atoms with E-state index in [2.05, 4.69) is 15.0 Å². The van der Waals surface area contributed by atoms with E-state index in [-0.39, 0.29) is 16.7 Å². The van der Waals surface area contributed by atoms with Crippen molar-refractivity contribution in [3.63, 3.8) is 0 Å². The second-order valence-corrected chi connectivity index (χ2v) is 10.6. The first-order valence-electron chi connectivity index (χ1n) is 10.7. The molecular formula is C21H29N5O4S. The predicted molar refractivity (Wildman–Crippen MR) is 116 cm³/mol. The van der Waals surface area contributed by atoms with Crippen LogP contribution in [0.2, 0.25) is 0 Å². The van der Waals surface area contributed by atoms with Crippen LogP contribution in [0.5, 0.6) is 0 Å². The summed E-state index contributed by atoms with van der Waals surface area (Å²) in [5, 5.41) is 3.87. The predicted octanol–water partition coefficient (Wildman–Crippen LogP) is 2.25. The third-order valence-electron chi connectivity index (χ3n) is 6.02. The number of anilines is 1. The normalized spacial score (nSPS) is 19.9. The maximum absolute atomic E-state index is 13.6. The van der Waals surface area contributed by atoms with E-state index in [1.807, 2.05) is 0 Å². The molecule has 1 atom stereocenters. The summed E-state index contributed by atoms with van der Waals surface area (Å²) in [4.78, 5) is 22.1. The lowest BCUT2D eigenvalue weighted by atomic mass is 9.97. The van der Waals surface area contributed by atoms with Gasteiger partial charge in [-0.1, -0.05) is 5.16 Å². The standard InChI is InChI=1S/C21H29N5O4S/c1-15-22-20(30-23-15)16-7-6-12-26(14-16)21(27)18-13-17(31(28,29)24(2)3)8-9-19(18)25-10-4-5-11-25/h8-9,13,16H,4-7,10-12,14H2,1-3H3. The number of hydrogen-bond acceptors (Lipinski definition) is 7. The number of rotatable bonds is 5. The summed E-state index contributed by atoms with van der Waals surface area (Å²) < 4.78 is 31.9. The van der Waals surface area contributed by atoms with Crippen molar-refractivity contribution in [2.45, 2.75) is 43.4 Å². The molecule has 9 nitrogen and oxygen atoms in total. The fraction of sp³-hybridized carbons (Fsp3) is 0.571. The van der Waals surface area contributed by atoms with Crippen LogP contribution in [0.4, 0.5) is 5.69 Å². The monoisotopic (exact) mass is 447 g/mol. The van der Waals surface area contributed by atoms with Crippen LogP contribution in [-0.4, -0.2) is 73.9 Å². The van der Waals surface area contributed by atoms with Gasteiger partial charge < -0.3 is 14.3 Å². The van der Waals surface area contributed by atoms with E-state index in [1.54, 1.807) is 24.0 Å². The molecule has 10 heteroatoms. The van der Waals surface area contributed by atoms with Gasteiger partial charge in [0.05, 0.1) is 16.4 Å². The van der Waals surface area contributed by atoms with Crippen LogP contribution in [0.25, 0.3) is 0 Å². The van der Waals surface area contributed by atoms with Crippen LogP contribution in [0.3, 0.4) is 0 Å². The number of carbonyl (C=O) groups is 1. The minimum Gasteiger partial charge on any atom is -0.371 e. The van der Waals surface area contributed by atoms with Gasteiger partial charge in [-0.25, -0.2) is 12.7 Å².